The number of nitrogens with zero attached hydrogens (tertiary/aromatic N) is 5. The van der Waals surface area contributed by atoms with E-state index in [0.717, 1.165) is 11.3 Å². The summed E-state index contributed by atoms with van der Waals surface area (Å²) >= 11 is 12.7. The minimum Gasteiger partial charge on any atom is -0.368 e. The molecule has 0 atom stereocenters. The standard InChI is InChI=1S/C25H25Cl2N7O.H2O4S/c1-2-31-25(24(28)35)11-13-33(14-12-25)22-20-23(30-15-29-22)34(17-9-7-16(26)8-10-17)21(32-20)18-5-3-4-6-19(18)27;1-5(2,3)4/h3-10,15,31H,2,11-14H2,1H3,(H2,28,35);(H2,1,2,3,4). The van der Waals surface area contributed by atoms with Gasteiger partial charge in [0.25, 0.3) is 0 Å². The molecule has 2 aromatic heterocycles. The molecule has 0 spiro atoms. The van der Waals surface area contributed by atoms with Crippen LogP contribution >= 0.6 is 23.2 Å². The molecule has 0 bridgehead atoms. The molecule has 1 aliphatic heterocycles. The second-order valence-electron chi connectivity index (χ2n) is 9.01. The molecule has 0 unspecified atom stereocenters. The van der Waals surface area contributed by atoms with E-state index >= 15 is 0 Å². The summed E-state index contributed by atoms with van der Waals surface area (Å²) in [6.45, 7) is 3.87. The van der Waals surface area contributed by atoms with Gasteiger partial charge in [0, 0.05) is 29.4 Å². The van der Waals surface area contributed by atoms with Crippen molar-refractivity contribution in [3.05, 3.63) is 64.9 Å². The van der Waals surface area contributed by atoms with E-state index in [9.17, 15) is 4.79 Å². The van der Waals surface area contributed by atoms with Crippen LogP contribution in [-0.4, -0.2) is 68.1 Å². The predicted octanol–water partition coefficient (Wildman–Crippen LogP) is 3.57. The zero-order valence-corrected chi connectivity index (χ0v) is 23.7. The van der Waals surface area contributed by atoms with Gasteiger partial charge in [-0.25, -0.2) is 15.0 Å². The first-order valence-electron chi connectivity index (χ1n) is 12.2. The van der Waals surface area contributed by atoms with Crippen molar-refractivity contribution in [2.45, 2.75) is 25.3 Å². The molecule has 1 amide bonds. The third kappa shape index (κ3) is 6.52. The summed E-state index contributed by atoms with van der Waals surface area (Å²) in [5, 5.41) is 4.52. The lowest BCUT2D eigenvalue weighted by Crippen LogP contribution is -2.61. The number of aromatic nitrogens is 4. The number of carbonyl (C=O) groups excluding carboxylic acids is 1. The Morgan fingerprint density at radius 1 is 1.07 bits per heavy atom. The van der Waals surface area contributed by atoms with E-state index in [1.807, 2.05) is 60.0 Å². The van der Waals surface area contributed by atoms with Gasteiger partial charge in [-0.3, -0.25) is 18.5 Å². The number of likely N-dealkylation sites (N-methyl/N-ethyl adjacent to an activating group) is 1. The quantitative estimate of drug-likeness (QED) is 0.237. The number of hydrogen-bond acceptors (Lipinski definition) is 8. The van der Waals surface area contributed by atoms with Gasteiger partial charge in [0.15, 0.2) is 17.0 Å². The summed E-state index contributed by atoms with van der Waals surface area (Å²) in [7, 11) is -4.67. The third-order valence-corrected chi connectivity index (χ3v) is 7.11. The number of anilines is 1. The van der Waals surface area contributed by atoms with Crippen LogP contribution in [0.2, 0.25) is 10.0 Å². The van der Waals surface area contributed by atoms with E-state index in [1.165, 1.54) is 0 Å². The van der Waals surface area contributed by atoms with E-state index in [-0.39, 0.29) is 5.91 Å². The van der Waals surface area contributed by atoms with E-state index in [1.54, 1.807) is 6.33 Å². The summed E-state index contributed by atoms with van der Waals surface area (Å²) in [4.78, 5) is 28.5. The van der Waals surface area contributed by atoms with E-state index < -0.39 is 15.9 Å². The van der Waals surface area contributed by atoms with Crippen molar-refractivity contribution in [2.24, 2.45) is 5.73 Å². The summed E-state index contributed by atoms with van der Waals surface area (Å²) in [6, 6.07) is 15.1. The Morgan fingerprint density at radius 2 is 1.70 bits per heavy atom. The second-order valence-corrected chi connectivity index (χ2v) is 10.7. The van der Waals surface area contributed by atoms with Crippen molar-refractivity contribution in [1.29, 1.82) is 0 Å². The van der Waals surface area contributed by atoms with Crippen molar-refractivity contribution >= 4 is 56.5 Å². The maximum atomic E-state index is 12.2. The van der Waals surface area contributed by atoms with Crippen LogP contribution in [0, 0.1) is 0 Å². The van der Waals surface area contributed by atoms with Crippen LogP contribution in [0.1, 0.15) is 19.8 Å². The number of nitrogens with two attached hydrogens (primary N) is 1. The molecule has 3 heterocycles. The average Bonchev–Trinajstić information content (AvgIpc) is 3.28. The Balaban J connectivity index is 0.000000681. The minimum atomic E-state index is -4.67. The van der Waals surface area contributed by atoms with Crippen molar-refractivity contribution in [2.75, 3.05) is 24.5 Å². The Morgan fingerprint density at radius 3 is 2.27 bits per heavy atom. The first-order valence-corrected chi connectivity index (χ1v) is 14.3. The molecule has 1 fully saturated rings. The molecule has 0 radical (unpaired) electrons. The maximum Gasteiger partial charge on any atom is 0.394 e. The topological polar surface area (TPSA) is 177 Å². The Bertz CT molecular complexity index is 1610. The SMILES string of the molecule is CCNC1(C(N)=O)CCN(c2ncnc3c2nc(-c2ccccc2Cl)n3-c2ccc(Cl)cc2)CC1.O=S(=O)(O)O. The number of imidazole rings is 1. The molecular formula is C25H27Cl2N7O5S. The first kappa shape index (κ1) is 29.6. The highest BCUT2D eigenvalue weighted by atomic mass is 35.5. The Hall–Kier alpha value is -3.33. The van der Waals surface area contributed by atoms with Crippen LogP contribution in [0.15, 0.2) is 54.9 Å². The Kier molecular flexibility index (Phi) is 8.93. The number of halogens is 2. The Labute approximate surface area is 240 Å². The molecule has 1 saturated heterocycles. The second kappa shape index (κ2) is 12.0. The number of hydrogen-bond donors (Lipinski definition) is 4. The fraction of sp³-hybridized carbons (Fsp3) is 0.280. The number of benzene rings is 2. The van der Waals surface area contributed by atoms with Crippen LogP contribution in [0.4, 0.5) is 5.82 Å². The number of carbonyl (C=O) groups is 1. The normalized spacial score (nSPS) is 15.0. The van der Waals surface area contributed by atoms with E-state index in [0.29, 0.717) is 65.3 Å². The van der Waals surface area contributed by atoms with Crippen molar-refractivity contribution in [1.82, 2.24) is 24.8 Å². The number of primary amides is 1. The monoisotopic (exact) mass is 607 g/mol. The number of rotatable bonds is 6. The van der Waals surface area contributed by atoms with Crippen molar-refractivity contribution in [3.8, 4) is 17.1 Å². The highest BCUT2D eigenvalue weighted by Gasteiger charge is 2.40. The third-order valence-electron chi connectivity index (χ3n) is 6.53. The number of fused-ring (bicyclic) bond motifs is 1. The van der Waals surface area contributed by atoms with Crippen LogP contribution in [0.5, 0.6) is 0 Å². The van der Waals surface area contributed by atoms with Crippen LogP contribution < -0.4 is 16.0 Å². The zero-order valence-electron chi connectivity index (χ0n) is 21.3. The number of piperidine rings is 1. The summed E-state index contributed by atoms with van der Waals surface area (Å²) in [6.07, 6.45) is 2.70. The van der Waals surface area contributed by atoms with Crippen LogP contribution in [0.25, 0.3) is 28.2 Å². The smallest absolute Gasteiger partial charge is 0.368 e. The predicted molar refractivity (Wildman–Crippen MR) is 153 cm³/mol. The maximum absolute atomic E-state index is 12.2. The van der Waals surface area contributed by atoms with Gasteiger partial charge in [-0.15, -0.1) is 0 Å². The van der Waals surface area contributed by atoms with Gasteiger partial charge in [-0.2, -0.15) is 8.42 Å². The number of nitrogens with one attached hydrogen (secondary N) is 1. The van der Waals surface area contributed by atoms with Crippen molar-refractivity contribution in [3.63, 3.8) is 0 Å². The molecule has 1 aliphatic rings. The van der Waals surface area contributed by atoms with Gasteiger partial charge in [-0.05, 0) is 55.8 Å². The molecule has 12 nitrogen and oxygen atoms in total. The lowest BCUT2D eigenvalue weighted by atomic mass is 9.86. The molecule has 212 valence electrons. The van der Waals surface area contributed by atoms with Crippen LogP contribution in [-0.2, 0) is 15.2 Å². The van der Waals surface area contributed by atoms with E-state index in [2.05, 4.69) is 20.2 Å². The van der Waals surface area contributed by atoms with Gasteiger partial charge in [0.05, 0.1) is 5.02 Å². The lowest BCUT2D eigenvalue weighted by Gasteiger charge is -2.40. The van der Waals surface area contributed by atoms with Crippen LogP contribution in [0.3, 0.4) is 0 Å². The summed E-state index contributed by atoms with van der Waals surface area (Å²) in [5.41, 5.74) is 8.01. The fourth-order valence-corrected chi connectivity index (χ4v) is 5.06. The lowest BCUT2D eigenvalue weighted by molar-refractivity contribution is -0.125. The van der Waals surface area contributed by atoms with Gasteiger partial charge in [-0.1, -0.05) is 42.3 Å². The zero-order chi connectivity index (χ0) is 29.1. The molecule has 40 heavy (non-hydrogen) atoms. The molecule has 5 rings (SSSR count). The van der Waals surface area contributed by atoms with Gasteiger partial charge >= 0.3 is 10.4 Å². The minimum absolute atomic E-state index is 0.320. The molecule has 0 saturated carbocycles. The van der Waals surface area contributed by atoms with Gasteiger partial charge < -0.3 is 16.0 Å². The average molecular weight is 609 g/mol. The molecular weight excluding hydrogens is 581 g/mol. The van der Waals surface area contributed by atoms with Gasteiger partial charge in [0.2, 0.25) is 5.91 Å². The van der Waals surface area contributed by atoms with Gasteiger partial charge in [0.1, 0.15) is 17.7 Å². The fourth-order valence-electron chi connectivity index (χ4n) is 4.72. The molecule has 4 aromatic rings. The molecule has 0 aliphatic carbocycles. The first-order chi connectivity index (χ1) is 18.9. The molecule has 5 N–H and O–H groups in total. The highest BCUT2D eigenvalue weighted by molar-refractivity contribution is 7.79. The van der Waals surface area contributed by atoms with Crippen molar-refractivity contribution < 1.29 is 22.3 Å². The summed E-state index contributed by atoms with van der Waals surface area (Å²) in [5.74, 6) is 1.05. The number of amides is 1. The largest absolute Gasteiger partial charge is 0.394 e. The molecule has 15 heteroatoms. The highest BCUT2D eigenvalue weighted by Crippen LogP contribution is 2.36. The van der Waals surface area contributed by atoms with E-state index in [4.69, 9.17) is 51.4 Å². The molecule has 2 aromatic carbocycles. The summed E-state index contributed by atoms with van der Waals surface area (Å²) < 4.78 is 33.5.